The van der Waals surface area contributed by atoms with E-state index in [1.165, 1.54) is 0 Å². The van der Waals surface area contributed by atoms with E-state index in [9.17, 15) is 0 Å². The molecule has 5 nitrogen and oxygen atoms in total. The van der Waals surface area contributed by atoms with Crippen LogP contribution < -0.4 is 0 Å². The Bertz CT molecular complexity index is 76.4. The molecule has 0 aliphatic heterocycles. The third-order valence-electron chi connectivity index (χ3n) is 0.1000. The Hall–Kier alpha value is -0.170. The highest BCUT2D eigenvalue weighted by molar-refractivity contribution is 7.66. The van der Waals surface area contributed by atoms with Gasteiger partial charge in [-0.05, 0) is 0 Å². The van der Waals surface area contributed by atoms with Gasteiger partial charge in [-0.25, -0.2) is 8.42 Å². The maximum atomic E-state index is 8.59. The van der Waals surface area contributed by atoms with Crippen LogP contribution in [0.15, 0.2) is 0 Å². The summed E-state index contributed by atoms with van der Waals surface area (Å²) in [7, 11) is -3.12. The molecular formula is C2H8O5S. The summed E-state index contributed by atoms with van der Waals surface area (Å²) in [5.74, 6) is 0. The number of thiol groups is 1. The Kier molecular flexibility index (Phi) is 13.4. The maximum absolute atomic E-state index is 8.59. The van der Waals surface area contributed by atoms with Crippen molar-refractivity contribution in [3.63, 3.8) is 0 Å². The van der Waals surface area contributed by atoms with Gasteiger partial charge in [0.2, 0.25) is 0 Å². The van der Waals surface area contributed by atoms with E-state index in [-0.39, 0.29) is 13.2 Å². The van der Waals surface area contributed by atoms with Gasteiger partial charge in [0, 0.05) is 0 Å². The molecule has 0 saturated carbocycles. The zero-order chi connectivity index (χ0) is 6.99. The number of hydrogen-bond donors (Lipinski definition) is 4. The molecule has 0 rings (SSSR count). The number of aliphatic hydroxyl groups is 2. The van der Waals surface area contributed by atoms with E-state index in [0.29, 0.717) is 0 Å². The van der Waals surface area contributed by atoms with Gasteiger partial charge in [-0.15, -0.1) is 0 Å². The van der Waals surface area contributed by atoms with Crippen molar-refractivity contribution in [2.24, 2.45) is 0 Å². The minimum atomic E-state index is -3.12. The smallest absolute Gasteiger partial charge is 0.254 e. The van der Waals surface area contributed by atoms with Crippen LogP contribution in [0.3, 0.4) is 0 Å². The molecule has 6 heteroatoms. The van der Waals surface area contributed by atoms with Gasteiger partial charge in [0.1, 0.15) is 0 Å². The Morgan fingerprint density at radius 2 is 1.25 bits per heavy atom. The van der Waals surface area contributed by atoms with Crippen molar-refractivity contribution in [3.8, 4) is 0 Å². The molecule has 0 aliphatic carbocycles. The van der Waals surface area contributed by atoms with Crippen LogP contribution in [-0.2, 0) is 11.0 Å². The normalized spacial score (nSPS) is 8.00. The van der Waals surface area contributed by atoms with E-state index in [1.54, 1.807) is 0 Å². The topological polar surface area (TPSA) is 94.8 Å². The molecule has 0 bridgehead atoms. The molecule has 0 atom stereocenters. The first kappa shape index (κ1) is 10.7. The molecule has 0 saturated heterocycles. The van der Waals surface area contributed by atoms with Crippen LogP contribution in [0.1, 0.15) is 0 Å². The first-order valence-corrected chi connectivity index (χ1v) is 2.83. The minimum absolute atomic E-state index is 0.125. The lowest BCUT2D eigenvalue weighted by molar-refractivity contribution is 0.186. The van der Waals surface area contributed by atoms with Crippen molar-refractivity contribution in [3.05, 3.63) is 0 Å². The predicted octanol–water partition coefficient (Wildman–Crippen LogP) is -1.96. The lowest BCUT2D eigenvalue weighted by atomic mass is 10.8. The van der Waals surface area contributed by atoms with E-state index in [1.807, 2.05) is 0 Å². The fraction of sp³-hybridized carbons (Fsp3) is 1.00. The number of rotatable bonds is 1. The highest BCUT2D eigenvalue weighted by Crippen LogP contribution is 1.39. The molecule has 0 spiro atoms. The molecule has 0 unspecified atom stereocenters. The molecule has 0 amide bonds. The quantitative estimate of drug-likeness (QED) is 0.253. The number of aliphatic hydroxyl groups excluding tert-OH is 2. The Balaban J connectivity index is 0. The van der Waals surface area contributed by atoms with Crippen LogP contribution in [-0.4, -0.2) is 36.4 Å². The second-order valence-corrected chi connectivity index (χ2v) is 1.16. The van der Waals surface area contributed by atoms with Crippen LogP contribution >= 0.6 is 0 Å². The van der Waals surface area contributed by atoms with Gasteiger partial charge in [0.15, 0.2) is 0 Å². The molecule has 0 heterocycles. The summed E-state index contributed by atoms with van der Waals surface area (Å²) in [6.45, 7) is -0.250. The van der Waals surface area contributed by atoms with E-state index >= 15 is 0 Å². The van der Waals surface area contributed by atoms with Gasteiger partial charge >= 0.3 is 0 Å². The average molecular weight is 144 g/mol. The van der Waals surface area contributed by atoms with Gasteiger partial charge in [0.05, 0.1) is 13.2 Å². The summed E-state index contributed by atoms with van der Waals surface area (Å²) in [5.41, 5.74) is 0. The molecular weight excluding hydrogens is 136 g/mol. The van der Waals surface area contributed by atoms with Gasteiger partial charge in [-0.1, -0.05) is 0 Å². The summed E-state index contributed by atoms with van der Waals surface area (Å²) >= 11 is 0. The van der Waals surface area contributed by atoms with Gasteiger partial charge < -0.3 is 10.2 Å². The van der Waals surface area contributed by atoms with Gasteiger partial charge in [-0.2, -0.15) is 0 Å². The number of hydrogen-bond acceptors (Lipinski definition) is 4. The lowest BCUT2D eigenvalue weighted by Gasteiger charge is -1.70. The van der Waals surface area contributed by atoms with Crippen molar-refractivity contribution < 1.29 is 23.2 Å². The van der Waals surface area contributed by atoms with Crippen molar-refractivity contribution in [1.29, 1.82) is 0 Å². The third-order valence-corrected chi connectivity index (χ3v) is 0.1000. The fourth-order valence-corrected chi connectivity index (χ4v) is 0. The van der Waals surface area contributed by atoms with E-state index < -0.39 is 11.0 Å². The molecule has 0 aromatic carbocycles. The highest BCUT2D eigenvalue weighted by Gasteiger charge is 1.58. The molecule has 3 N–H and O–H groups in total. The summed E-state index contributed by atoms with van der Waals surface area (Å²) in [6.07, 6.45) is 0. The first-order chi connectivity index (χ1) is 3.65. The zero-order valence-corrected chi connectivity index (χ0v) is 4.91. The lowest BCUT2D eigenvalue weighted by Crippen LogP contribution is -1.85. The molecule has 52 valence electrons. The van der Waals surface area contributed by atoms with Crippen LogP contribution in [0.2, 0.25) is 0 Å². The monoisotopic (exact) mass is 144 g/mol. The highest BCUT2D eigenvalue weighted by atomic mass is 32.2. The van der Waals surface area contributed by atoms with Crippen molar-refractivity contribution in [1.82, 2.24) is 0 Å². The van der Waals surface area contributed by atoms with Crippen molar-refractivity contribution in [2.45, 2.75) is 0 Å². The second kappa shape index (κ2) is 9.95. The average Bonchev–Trinajstić information content (AvgIpc) is 1.65. The van der Waals surface area contributed by atoms with Crippen LogP contribution in [0, 0.1) is 0 Å². The van der Waals surface area contributed by atoms with Crippen LogP contribution in [0.4, 0.5) is 0 Å². The minimum Gasteiger partial charge on any atom is -0.394 e. The fourth-order valence-electron chi connectivity index (χ4n) is 0. The maximum Gasteiger partial charge on any atom is 0.254 e. The largest absolute Gasteiger partial charge is 0.394 e. The second-order valence-electron chi connectivity index (χ2n) is 0.685. The zero-order valence-electron chi connectivity index (χ0n) is 4.02. The van der Waals surface area contributed by atoms with Crippen LogP contribution in [0.5, 0.6) is 0 Å². The van der Waals surface area contributed by atoms with Gasteiger partial charge in [0.25, 0.3) is 11.0 Å². The molecule has 0 aromatic rings. The van der Waals surface area contributed by atoms with E-state index in [4.69, 9.17) is 23.2 Å². The van der Waals surface area contributed by atoms with Crippen molar-refractivity contribution >= 4 is 11.0 Å². The van der Waals surface area contributed by atoms with E-state index in [2.05, 4.69) is 0 Å². The molecule has 8 heavy (non-hydrogen) atoms. The molecule has 0 aromatic heterocycles. The Morgan fingerprint density at radius 1 is 1.12 bits per heavy atom. The molecule has 0 radical (unpaired) electrons. The Morgan fingerprint density at radius 3 is 1.25 bits per heavy atom. The van der Waals surface area contributed by atoms with Crippen LogP contribution in [0.25, 0.3) is 0 Å². The third kappa shape index (κ3) is 197. The standard InChI is InChI=1S/C2H6O2.H2O3S/c3-1-2-4;1-4(2)3/h3-4H,1-2H2;4H,(H,1,2,3). The predicted molar refractivity (Wildman–Crippen MR) is 27.1 cm³/mol. The van der Waals surface area contributed by atoms with E-state index in [0.717, 1.165) is 0 Å². The summed E-state index contributed by atoms with van der Waals surface area (Å²) in [5, 5.41) is 15.2. The molecule has 0 fully saturated rings. The summed E-state index contributed by atoms with van der Waals surface area (Å²) < 4.78 is 24.2. The van der Waals surface area contributed by atoms with Crippen molar-refractivity contribution in [2.75, 3.05) is 13.2 Å². The summed E-state index contributed by atoms with van der Waals surface area (Å²) in [6, 6.07) is 0. The Labute approximate surface area is 48.4 Å². The first-order valence-electron chi connectivity index (χ1n) is 1.70. The SMILES string of the molecule is O=[SH](=O)O.OCCO. The summed E-state index contributed by atoms with van der Waals surface area (Å²) in [4.78, 5) is 0. The van der Waals surface area contributed by atoms with Gasteiger partial charge in [-0.3, -0.25) is 4.55 Å². The molecule has 0 aliphatic rings.